The summed E-state index contributed by atoms with van der Waals surface area (Å²) in [5.74, 6) is 0.452. The van der Waals surface area contributed by atoms with Crippen molar-refractivity contribution in [2.24, 2.45) is 5.73 Å². The summed E-state index contributed by atoms with van der Waals surface area (Å²) in [6.07, 6.45) is 0.651. The molecular weight excluding hydrogens is 392 g/mol. The van der Waals surface area contributed by atoms with E-state index in [1.807, 2.05) is 26.8 Å². The van der Waals surface area contributed by atoms with Gasteiger partial charge < -0.3 is 15.2 Å². The molecule has 0 bridgehead atoms. The summed E-state index contributed by atoms with van der Waals surface area (Å²) in [6, 6.07) is 12.0. The summed E-state index contributed by atoms with van der Waals surface area (Å²) in [4.78, 5) is 11.2. The van der Waals surface area contributed by atoms with E-state index in [2.05, 4.69) is 4.72 Å². The van der Waals surface area contributed by atoms with E-state index in [4.69, 9.17) is 15.2 Å². The predicted octanol–water partition coefficient (Wildman–Crippen LogP) is 2.48. The second-order valence-electron chi connectivity index (χ2n) is 7.88. The zero-order valence-corrected chi connectivity index (χ0v) is 17.6. The average molecular weight is 419 g/mol. The lowest BCUT2D eigenvalue weighted by atomic mass is 9.84. The van der Waals surface area contributed by atoms with Gasteiger partial charge in [0.1, 0.15) is 17.1 Å². The van der Waals surface area contributed by atoms with Crippen molar-refractivity contribution in [3.05, 3.63) is 53.6 Å². The number of hydrogen-bond acceptors (Lipinski definition) is 5. The number of aryl methyl sites for hydroxylation is 1. The molecule has 8 heteroatoms. The number of nitrogens with one attached hydrogen (secondary N) is 1. The number of ether oxygens (including phenoxy) is 2. The number of fused-ring (bicyclic) bond motifs is 1. The SMILES string of the molecule is Cc1ccc(S(=O)(=O)NCC2CC(C)(C)Oc3cc(OCC(N)=O)ccc32)cc1. The lowest BCUT2D eigenvalue weighted by Crippen LogP contribution is -2.39. The van der Waals surface area contributed by atoms with Crippen LogP contribution in [0, 0.1) is 6.92 Å². The van der Waals surface area contributed by atoms with E-state index in [1.54, 1.807) is 36.4 Å². The Bertz CT molecular complexity index is 1000. The molecule has 0 aliphatic carbocycles. The minimum absolute atomic E-state index is 0.0702. The van der Waals surface area contributed by atoms with Gasteiger partial charge in [0.2, 0.25) is 10.0 Å². The highest BCUT2D eigenvalue weighted by molar-refractivity contribution is 7.89. The minimum atomic E-state index is -3.61. The fraction of sp³-hybridized carbons (Fsp3) is 0.381. The van der Waals surface area contributed by atoms with Crippen LogP contribution in [0.2, 0.25) is 0 Å². The fourth-order valence-corrected chi connectivity index (χ4v) is 4.50. The molecule has 1 aliphatic rings. The van der Waals surface area contributed by atoms with Gasteiger partial charge in [0.05, 0.1) is 4.90 Å². The van der Waals surface area contributed by atoms with Gasteiger partial charge in [-0.25, -0.2) is 13.1 Å². The first-order chi connectivity index (χ1) is 13.6. The molecule has 2 aromatic carbocycles. The van der Waals surface area contributed by atoms with Crippen molar-refractivity contribution in [1.29, 1.82) is 0 Å². The number of hydrogen-bond donors (Lipinski definition) is 2. The fourth-order valence-electron chi connectivity index (χ4n) is 3.42. The molecule has 1 unspecified atom stereocenters. The van der Waals surface area contributed by atoms with Crippen LogP contribution in [-0.4, -0.2) is 33.1 Å². The number of carbonyl (C=O) groups is 1. The Morgan fingerprint density at radius 2 is 1.93 bits per heavy atom. The minimum Gasteiger partial charge on any atom is -0.487 e. The summed E-state index contributed by atoms with van der Waals surface area (Å²) >= 11 is 0. The molecule has 29 heavy (non-hydrogen) atoms. The van der Waals surface area contributed by atoms with Crippen LogP contribution in [-0.2, 0) is 14.8 Å². The molecule has 156 valence electrons. The zero-order chi connectivity index (χ0) is 21.2. The molecule has 1 amide bonds. The first-order valence-electron chi connectivity index (χ1n) is 9.36. The highest BCUT2D eigenvalue weighted by Crippen LogP contribution is 2.42. The molecule has 0 radical (unpaired) electrons. The van der Waals surface area contributed by atoms with Gasteiger partial charge in [-0.15, -0.1) is 0 Å². The molecule has 2 aromatic rings. The van der Waals surface area contributed by atoms with Gasteiger partial charge in [-0.05, 0) is 51.0 Å². The molecule has 0 saturated carbocycles. The number of rotatable bonds is 7. The van der Waals surface area contributed by atoms with Gasteiger partial charge in [0.25, 0.3) is 5.91 Å². The Labute approximate surface area is 171 Å². The van der Waals surface area contributed by atoms with E-state index < -0.39 is 21.5 Å². The van der Waals surface area contributed by atoms with Crippen LogP contribution in [0.5, 0.6) is 11.5 Å². The summed E-state index contributed by atoms with van der Waals surface area (Å²) in [5, 5.41) is 0. The number of sulfonamides is 1. The molecule has 0 aromatic heterocycles. The Kier molecular flexibility index (Phi) is 5.86. The lowest BCUT2D eigenvalue weighted by Gasteiger charge is -2.37. The lowest BCUT2D eigenvalue weighted by molar-refractivity contribution is -0.119. The predicted molar refractivity (Wildman–Crippen MR) is 110 cm³/mol. The van der Waals surface area contributed by atoms with Crippen molar-refractivity contribution in [2.75, 3.05) is 13.2 Å². The third-order valence-electron chi connectivity index (χ3n) is 4.78. The molecule has 0 saturated heterocycles. The molecule has 1 atom stereocenters. The Morgan fingerprint density at radius 3 is 2.59 bits per heavy atom. The second kappa shape index (κ2) is 8.04. The van der Waals surface area contributed by atoms with E-state index in [9.17, 15) is 13.2 Å². The quantitative estimate of drug-likeness (QED) is 0.718. The normalized spacial score (nSPS) is 17.8. The van der Waals surface area contributed by atoms with Crippen LogP contribution in [0.15, 0.2) is 47.4 Å². The van der Waals surface area contributed by atoms with Gasteiger partial charge in [0.15, 0.2) is 6.61 Å². The van der Waals surface area contributed by atoms with Gasteiger partial charge in [-0.2, -0.15) is 0 Å². The van der Waals surface area contributed by atoms with Crippen LogP contribution >= 0.6 is 0 Å². The van der Waals surface area contributed by atoms with Crippen molar-refractivity contribution in [1.82, 2.24) is 4.72 Å². The van der Waals surface area contributed by atoms with E-state index in [-0.39, 0.29) is 24.0 Å². The Balaban J connectivity index is 1.79. The molecule has 7 nitrogen and oxygen atoms in total. The first-order valence-corrected chi connectivity index (χ1v) is 10.8. The maximum Gasteiger partial charge on any atom is 0.255 e. The van der Waals surface area contributed by atoms with E-state index in [0.29, 0.717) is 17.9 Å². The van der Waals surface area contributed by atoms with Gasteiger partial charge >= 0.3 is 0 Å². The van der Waals surface area contributed by atoms with Crippen molar-refractivity contribution < 1.29 is 22.7 Å². The maximum absolute atomic E-state index is 12.7. The molecule has 1 heterocycles. The monoisotopic (exact) mass is 418 g/mol. The molecule has 0 spiro atoms. The Morgan fingerprint density at radius 1 is 1.24 bits per heavy atom. The summed E-state index contributed by atoms with van der Waals surface area (Å²) in [7, 11) is -3.61. The number of amides is 1. The van der Waals surface area contributed by atoms with Crippen molar-refractivity contribution in [3.8, 4) is 11.5 Å². The van der Waals surface area contributed by atoms with Gasteiger partial charge in [-0.1, -0.05) is 23.8 Å². The van der Waals surface area contributed by atoms with Crippen molar-refractivity contribution >= 4 is 15.9 Å². The molecule has 3 rings (SSSR count). The van der Waals surface area contributed by atoms with E-state index >= 15 is 0 Å². The smallest absolute Gasteiger partial charge is 0.255 e. The molecule has 3 N–H and O–H groups in total. The van der Waals surface area contributed by atoms with Crippen LogP contribution in [0.4, 0.5) is 0 Å². The summed E-state index contributed by atoms with van der Waals surface area (Å²) in [6.45, 7) is 5.84. The highest BCUT2D eigenvalue weighted by atomic mass is 32.2. The summed E-state index contributed by atoms with van der Waals surface area (Å²) < 4.78 is 39.4. The zero-order valence-electron chi connectivity index (χ0n) is 16.8. The van der Waals surface area contributed by atoms with Crippen LogP contribution in [0.3, 0.4) is 0 Å². The average Bonchev–Trinajstić information content (AvgIpc) is 2.63. The van der Waals surface area contributed by atoms with Crippen LogP contribution in [0.25, 0.3) is 0 Å². The van der Waals surface area contributed by atoms with Crippen molar-refractivity contribution in [3.63, 3.8) is 0 Å². The highest BCUT2D eigenvalue weighted by Gasteiger charge is 2.34. The number of benzene rings is 2. The standard InChI is InChI=1S/C21H26N2O5S/c1-14-4-7-17(8-5-14)29(25,26)23-12-15-11-21(2,3)28-19-10-16(6-9-18(15)19)27-13-20(22)24/h4-10,15,23H,11-13H2,1-3H3,(H2,22,24). The third-order valence-corrected chi connectivity index (χ3v) is 6.22. The maximum atomic E-state index is 12.7. The van der Waals surface area contributed by atoms with Gasteiger partial charge in [0, 0.05) is 18.5 Å². The Hall–Kier alpha value is -2.58. The third kappa shape index (κ3) is 5.27. The number of nitrogens with two attached hydrogens (primary N) is 1. The van der Waals surface area contributed by atoms with E-state index in [1.165, 1.54) is 0 Å². The summed E-state index contributed by atoms with van der Waals surface area (Å²) in [5.41, 5.74) is 6.53. The largest absolute Gasteiger partial charge is 0.487 e. The topological polar surface area (TPSA) is 108 Å². The number of carbonyl (C=O) groups excluding carboxylic acids is 1. The van der Waals surface area contributed by atoms with Gasteiger partial charge in [-0.3, -0.25) is 4.79 Å². The van der Waals surface area contributed by atoms with E-state index in [0.717, 1.165) is 11.1 Å². The number of primary amides is 1. The molecule has 1 aliphatic heterocycles. The van der Waals surface area contributed by atoms with Crippen molar-refractivity contribution in [2.45, 2.75) is 43.6 Å². The second-order valence-corrected chi connectivity index (χ2v) is 9.65. The first kappa shape index (κ1) is 21.1. The van der Waals surface area contributed by atoms with Crippen LogP contribution < -0.4 is 19.9 Å². The molecular formula is C21H26N2O5S. The van der Waals surface area contributed by atoms with Crippen LogP contribution in [0.1, 0.15) is 37.3 Å². The molecule has 0 fully saturated rings.